The van der Waals surface area contributed by atoms with E-state index in [1.165, 1.54) is 12.1 Å². The van der Waals surface area contributed by atoms with E-state index in [2.05, 4.69) is 0 Å². The van der Waals surface area contributed by atoms with Gasteiger partial charge in [0.05, 0.1) is 5.38 Å². The van der Waals surface area contributed by atoms with Crippen molar-refractivity contribution in [3.8, 4) is 0 Å². The second-order valence-corrected chi connectivity index (χ2v) is 5.31. The maximum Gasteiger partial charge on any atom is 0.129 e. The molecular formula is C15H12Cl2F2. The third-order valence-corrected chi connectivity index (χ3v) is 3.80. The molecular weight excluding hydrogens is 289 g/mol. The first-order chi connectivity index (χ1) is 8.91. The molecule has 0 heterocycles. The predicted octanol–water partition coefficient (Wildman–Crippen LogP) is 5.56. The highest BCUT2D eigenvalue weighted by atomic mass is 35.5. The highest BCUT2D eigenvalue weighted by Gasteiger charge is 2.20. The smallest absolute Gasteiger partial charge is 0.129 e. The highest BCUT2D eigenvalue weighted by Crippen LogP contribution is 2.36. The van der Waals surface area contributed by atoms with Crippen LogP contribution in [0.4, 0.5) is 8.78 Å². The van der Waals surface area contributed by atoms with Crippen LogP contribution in [0.5, 0.6) is 0 Å². The van der Waals surface area contributed by atoms with Gasteiger partial charge in [0.1, 0.15) is 11.6 Å². The summed E-state index contributed by atoms with van der Waals surface area (Å²) in [6.07, 6.45) is 0. The van der Waals surface area contributed by atoms with Crippen molar-refractivity contribution in [2.75, 3.05) is 0 Å². The van der Waals surface area contributed by atoms with Gasteiger partial charge in [-0.15, -0.1) is 11.6 Å². The maximum atomic E-state index is 13.8. The minimum atomic E-state index is -0.744. The van der Waals surface area contributed by atoms with Gasteiger partial charge >= 0.3 is 0 Å². The van der Waals surface area contributed by atoms with Crippen LogP contribution in [0.2, 0.25) is 5.02 Å². The van der Waals surface area contributed by atoms with Gasteiger partial charge in [-0.1, -0.05) is 29.8 Å². The second kappa shape index (κ2) is 5.48. The van der Waals surface area contributed by atoms with Crippen molar-refractivity contribution in [2.24, 2.45) is 0 Å². The van der Waals surface area contributed by atoms with Gasteiger partial charge in [-0.2, -0.15) is 0 Å². The SMILES string of the molecule is Cc1cc(C(Cl)c2c(F)cccc2Cl)cc(C)c1F. The van der Waals surface area contributed by atoms with E-state index in [1.807, 2.05) is 0 Å². The molecule has 0 saturated carbocycles. The van der Waals surface area contributed by atoms with Crippen molar-refractivity contribution in [1.82, 2.24) is 0 Å². The first-order valence-corrected chi connectivity index (χ1v) is 6.58. The quantitative estimate of drug-likeness (QED) is 0.637. The average molecular weight is 301 g/mol. The van der Waals surface area contributed by atoms with Gasteiger partial charge < -0.3 is 0 Å². The number of rotatable bonds is 2. The van der Waals surface area contributed by atoms with Gasteiger partial charge in [0.25, 0.3) is 0 Å². The van der Waals surface area contributed by atoms with Crippen LogP contribution in [0, 0.1) is 25.5 Å². The van der Waals surface area contributed by atoms with Crippen LogP contribution >= 0.6 is 23.2 Å². The van der Waals surface area contributed by atoms with E-state index in [-0.39, 0.29) is 16.4 Å². The Morgan fingerprint density at radius 1 is 1.05 bits per heavy atom. The molecule has 2 aromatic rings. The second-order valence-electron chi connectivity index (χ2n) is 4.47. The van der Waals surface area contributed by atoms with Crippen molar-refractivity contribution in [3.63, 3.8) is 0 Å². The Bertz CT molecular complexity index is 580. The minimum absolute atomic E-state index is 0.219. The first-order valence-electron chi connectivity index (χ1n) is 5.76. The van der Waals surface area contributed by atoms with Crippen molar-refractivity contribution in [2.45, 2.75) is 19.2 Å². The Hall–Kier alpha value is -1.12. The van der Waals surface area contributed by atoms with E-state index in [1.54, 1.807) is 32.0 Å². The molecule has 0 radical (unpaired) electrons. The Balaban J connectivity index is 2.53. The van der Waals surface area contributed by atoms with Crippen LogP contribution < -0.4 is 0 Å². The van der Waals surface area contributed by atoms with Crippen LogP contribution in [0.25, 0.3) is 0 Å². The van der Waals surface area contributed by atoms with Gasteiger partial charge in [0, 0.05) is 10.6 Å². The summed E-state index contributed by atoms with van der Waals surface area (Å²) in [7, 11) is 0. The Kier molecular flexibility index (Phi) is 4.12. The lowest BCUT2D eigenvalue weighted by molar-refractivity contribution is 0.605. The molecule has 0 saturated heterocycles. The molecule has 0 amide bonds. The van der Waals surface area contributed by atoms with Crippen LogP contribution in [0.3, 0.4) is 0 Å². The normalized spacial score (nSPS) is 12.5. The van der Waals surface area contributed by atoms with Gasteiger partial charge in [-0.3, -0.25) is 0 Å². The minimum Gasteiger partial charge on any atom is -0.207 e. The molecule has 1 unspecified atom stereocenters. The van der Waals surface area contributed by atoms with Gasteiger partial charge in [0.2, 0.25) is 0 Å². The molecule has 2 rings (SSSR count). The zero-order valence-electron chi connectivity index (χ0n) is 10.5. The number of halogens is 4. The summed E-state index contributed by atoms with van der Waals surface area (Å²) in [5.74, 6) is -0.737. The Morgan fingerprint density at radius 2 is 1.63 bits per heavy atom. The molecule has 0 spiro atoms. The van der Waals surface area contributed by atoms with Crippen LogP contribution in [-0.4, -0.2) is 0 Å². The fourth-order valence-electron chi connectivity index (χ4n) is 2.05. The van der Waals surface area contributed by atoms with Crippen molar-refractivity contribution in [1.29, 1.82) is 0 Å². The highest BCUT2D eigenvalue weighted by molar-refractivity contribution is 6.33. The summed E-state index contributed by atoms with van der Waals surface area (Å²) in [6, 6.07) is 7.63. The maximum absolute atomic E-state index is 13.8. The number of alkyl halides is 1. The zero-order chi connectivity index (χ0) is 14.2. The molecule has 0 aliphatic heterocycles. The van der Waals surface area contributed by atoms with E-state index >= 15 is 0 Å². The summed E-state index contributed by atoms with van der Waals surface area (Å²) in [5, 5.41) is -0.480. The zero-order valence-corrected chi connectivity index (χ0v) is 12.0. The Labute approximate surface area is 121 Å². The van der Waals surface area contributed by atoms with Crippen LogP contribution in [0.15, 0.2) is 30.3 Å². The number of hydrogen-bond donors (Lipinski definition) is 0. The summed E-state index contributed by atoms with van der Waals surface area (Å²) in [6.45, 7) is 3.30. The lowest BCUT2D eigenvalue weighted by atomic mass is 9.99. The van der Waals surface area contributed by atoms with E-state index in [9.17, 15) is 8.78 Å². The summed E-state index contributed by atoms with van der Waals surface area (Å²) >= 11 is 12.3. The topological polar surface area (TPSA) is 0 Å². The van der Waals surface area contributed by atoms with Crippen molar-refractivity contribution in [3.05, 3.63) is 69.2 Å². The third kappa shape index (κ3) is 2.75. The molecule has 1 atom stereocenters. The lowest BCUT2D eigenvalue weighted by Crippen LogP contribution is -2.01. The number of hydrogen-bond acceptors (Lipinski definition) is 0. The molecule has 4 heteroatoms. The van der Waals surface area contributed by atoms with Gasteiger partial charge in [0.15, 0.2) is 0 Å². The van der Waals surface area contributed by atoms with Crippen LogP contribution in [-0.2, 0) is 0 Å². The van der Waals surface area contributed by atoms with Gasteiger partial charge in [-0.25, -0.2) is 8.78 Å². The summed E-state index contributed by atoms with van der Waals surface area (Å²) < 4.78 is 27.4. The first kappa shape index (κ1) is 14.3. The molecule has 0 N–H and O–H groups in total. The molecule has 0 bridgehead atoms. The number of aryl methyl sites for hydroxylation is 2. The molecule has 100 valence electrons. The fraction of sp³-hybridized carbons (Fsp3) is 0.200. The summed E-state index contributed by atoms with van der Waals surface area (Å²) in [4.78, 5) is 0. The fourth-order valence-corrected chi connectivity index (χ4v) is 2.72. The molecule has 0 nitrogen and oxygen atoms in total. The predicted molar refractivity (Wildman–Crippen MR) is 75.0 cm³/mol. The van der Waals surface area contributed by atoms with Crippen molar-refractivity contribution < 1.29 is 8.78 Å². The molecule has 0 fully saturated rings. The van der Waals surface area contributed by atoms with Gasteiger partial charge in [-0.05, 0) is 42.7 Å². The van der Waals surface area contributed by atoms with E-state index in [4.69, 9.17) is 23.2 Å². The number of benzene rings is 2. The molecule has 0 aliphatic rings. The van der Waals surface area contributed by atoms with E-state index in [0.717, 1.165) is 0 Å². The van der Waals surface area contributed by atoms with Crippen molar-refractivity contribution >= 4 is 23.2 Å². The molecule has 19 heavy (non-hydrogen) atoms. The molecule has 2 aromatic carbocycles. The monoisotopic (exact) mass is 300 g/mol. The van der Waals surface area contributed by atoms with E-state index < -0.39 is 11.2 Å². The van der Waals surface area contributed by atoms with Crippen LogP contribution in [0.1, 0.15) is 27.6 Å². The standard InChI is InChI=1S/C15H12Cl2F2/c1-8-6-10(7-9(2)15(8)19)14(17)13-11(16)4-3-5-12(13)18/h3-7,14H,1-2H3. The largest absolute Gasteiger partial charge is 0.207 e. The Morgan fingerprint density at radius 3 is 2.16 bits per heavy atom. The summed E-state index contributed by atoms with van der Waals surface area (Å²) in [5.41, 5.74) is 1.81. The van der Waals surface area contributed by atoms with E-state index in [0.29, 0.717) is 16.7 Å². The third-order valence-electron chi connectivity index (χ3n) is 3.00. The lowest BCUT2D eigenvalue weighted by Gasteiger charge is -2.15. The molecule has 0 aliphatic carbocycles. The average Bonchev–Trinajstić information content (AvgIpc) is 2.35. The molecule has 0 aromatic heterocycles.